The van der Waals surface area contributed by atoms with Crippen molar-refractivity contribution in [2.75, 3.05) is 0 Å². The van der Waals surface area contributed by atoms with Gasteiger partial charge in [0.15, 0.2) is 11.5 Å². The highest BCUT2D eigenvalue weighted by atomic mass is 32.1. The number of amides is 1. The van der Waals surface area contributed by atoms with Gasteiger partial charge in [0.2, 0.25) is 0 Å². The fraction of sp³-hybridized carbons (Fsp3) is 0.0769. The number of hydrogen-bond acceptors (Lipinski definition) is 4. The van der Waals surface area contributed by atoms with Gasteiger partial charge >= 0.3 is 0 Å². The van der Waals surface area contributed by atoms with E-state index in [0.29, 0.717) is 11.5 Å². The molecule has 4 heterocycles. The van der Waals surface area contributed by atoms with E-state index in [1.807, 2.05) is 29.6 Å². The molecule has 1 atom stereocenters. The Morgan fingerprint density at radius 2 is 2.26 bits per heavy atom. The number of fused-ring (bicyclic) bond motifs is 1. The van der Waals surface area contributed by atoms with Gasteiger partial charge in [0.05, 0.1) is 12.3 Å². The molecule has 0 saturated heterocycles. The summed E-state index contributed by atoms with van der Waals surface area (Å²) in [6.07, 6.45) is 1.60. The number of aromatic nitrogens is 2. The van der Waals surface area contributed by atoms with Crippen molar-refractivity contribution in [1.29, 1.82) is 0 Å². The second kappa shape index (κ2) is 3.83. The van der Waals surface area contributed by atoms with Crippen LogP contribution in [-0.2, 0) is 0 Å². The lowest BCUT2D eigenvalue weighted by molar-refractivity contribution is 0.0956. The summed E-state index contributed by atoms with van der Waals surface area (Å²) in [7, 11) is 0. The lowest BCUT2D eigenvalue weighted by Crippen LogP contribution is -2.20. The first kappa shape index (κ1) is 10.6. The lowest BCUT2D eigenvalue weighted by Gasteiger charge is -2.09. The van der Waals surface area contributed by atoms with Crippen molar-refractivity contribution < 1.29 is 9.21 Å². The Balaban J connectivity index is 1.91. The van der Waals surface area contributed by atoms with Gasteiger partial charge in [-0.25, -0.2) is 0 Å². The summed E-state index contributed by atoms with van der Waals surface area (Å²) in [6, 6.07) is 7.48. The van der Waals surface area contributed by atoms with E-state index in [9.17, 15) is 4.79 Å². The van der Waals surface area contributed by atoms with Crippen LogP contribution in [0.5, 0.6) is 0 Å². The Morgan fingerprint density at radius 3 is 3.00 bits per heavy atom. The Morgan fingerprint density at radius 1 is 1.32 bits per heavy atom. The van der Waals surface area contributed by atoms with Crippen LogP contribution in [0.25, 0.3) is 11.5 Å². The zero-order valence-electron chi connectivity index (χ0n) is 9.71. The van der Waals surface area contributed by atoms with Crippen LogP contribution in [0.15, 0.2) is 40.3 Å². The zero-order valence-corrected chi connectivity index (χ0v) is 10.5. The fourth-order valence-corrected chi connectivity index (χ4v) is 3.14. The molecule has 0 bridgehead atoms. The van der Waals surface area contributed by atoms with Crippen LogP contribution in [0, 0.1) is 0 Å². The molecular formula is C13H9N3O2S. The molecule has 3 aromatic rings. The molecule has 0 fully saturated rings. The van der Waals surface area contributed by atoms with Crippen LogP contribution in [0.2, 0.25) is 0 Å². The van der Waals surface area contributed by atoms with Crippen molar-refractivity contribution in [1.82, 2.24) is 15.5 Å². The highest BCUT2D eigenvalue weighted by molar-refractivity contribution is 7.10. The van der Waals surface area contributed by atoms with Gasteiger partial charge in [-0.1, -0.05) is 6.07 Å². The summed E-state index contributed by atoms with van der Waals surface area (Å²) < 4.78 is 5.40. The maximum atomic E-state index is 11.9. The first-order valence-corrected chi connectivity index (χ1v) is 6.69. The minimum absolute atomic E-state index is 0.151. The summed E-state index contributed by atoms with van der Waals surface area (Å²) in [6.45, 7) is 0. The van der Waals surface area contributed by atoms with E-state index in [0.717, 1.165) is 16.1 Å². The van der Waals surface area contributed by atoms with Crippen LogP contribution < -0.4 is 5.32 Å². The molecule has 1 aliphatic heterocycles. The highest BCUT2D eigenvalue weighted by Gasteiger charge is 2.36. The van der Waals surface area contributed by atoms with Gasteiger partial charge < -0.3 is 9.73 Å². The first-order valence-electron chi connectivity index (χ1n) is 5.81. The largest absolute Gasteiger partial charge is 0.463 e. The SMILES string of the molecule is O=C1N[C@H](c2cccs2)c2c1n[nH]c2-c1ccco1. The third-order valence-corrected chi connectivity index (χ3v) is 4.12. The Hall–Kier alpha value is -2.34. The lowest BCUT2D eigenvalue weighted by atomic mass is 10.1. The van der Waals surface area contributed by atoms with Gasteiger partial charge in [-0.05, 0) is 23.6 Å². The van der Waals surface area contributed by atoms with E-state index in [-0.39, 0.29) is 11.9 Å². The van der Waals surface area contributed by atoms with Crippen LogP contribution in [0.1, 0.15) is 27.0 Å². The summed E-state index contributed by atoms with van der Waals surface area (Å²) in [5.41, 5.74) is 2.07. The Bertz CT molecular complexity index is 728. The second-order valence-electron chi connectivity index (χ2n) is 4.26. The van der Waals surface area contributed by atoms with E-state index in [1.54, 1.807) is 17.6 Å². The third-order valence-electron chi connectivity index (χ3n) is 3.18. The molecule has 0 unspecified atom stereocenters. The topological polar surface area (TPSA) is 70.9 Å². The van der Waals surface area contributed by atoms with Gasteiger partial charge in [0.1, 0.15) is 5.69 Å². The summed E-state index contributed by atoms with van der Waals surface area (Å²) >= 11 is 1.61. The summed E-state index contributed by atoms with van der Waals surface area (Å²) in [5.74, 6) is 0.536. The number of nitrogens with zero attached hydrogens (tertiary/aromatic N) is 1. The number of carbonyl (C=O) groups is 1. The number of nitrogens with one attached hydrogen (secondary N) is 2. The van der Waals surface area contributed by atoms with E-state index in [1.165, 1.54) is 0 Å². The third kappa shape index (κ3) is 1.47. The average Bonchev–Trinajstić information content (AvgIpc) is 3.16. The molecule has 19 heavy (non-hydrogen) atoms. The Labute approximate surface area is 112 Å². The number of aromatic amines is 1. The molecule has 0 radical (unpaired) electrons. The molecule has 1 amide bonds. The number of furan rings is 1. The van der Waals surface area contributed by atoms with Gasteiger partial charge in [0.25, 0.3) is 5.91 Å². The minimum Gasteiger partial charge on any atom is -0.463 e. The van der Waals surface area contributed by atoms with Gasteiger partial charge in [0, 0.05) is 10.4 Å². The molecule has 2 N–H and O–H groups in total. The standard InChI is InChI=1S/C13H9N3O2S/c17-13-12-9(11(14-13)8-4-2-6-19-8)10(15-16-12)7-3-1-5-18-7/h1-6,11H,(H,14,17)(H,15,16)/t11-/m1/s1. The highest BCUT2D eigenvalue weighted by Crippen LogP contribution is 2.38. The quantitative estimate of drug-likeness (QED) is 0.752. The fourth-order valence-electron chi connectivity index (χ4n) is 2.35. The molecule has 5 nitrogen and oxygen atoms in total. The van der Waals surface area contributed by atoms with Crippen molar-refractivity contribution in [3.8, 4) is 11.5 Å². The molecule has 0 spiro atoms. The number of hydrogen-bond donors (Lipinski definition) is 2. The number of carbonyl (C=O) groups excluding carboxylic acids is 1. The maximum Gasteiger partial charge on any atom is 0.272 e. The van der Waals surface area contributed by atoms with E-state index >= 15 is 0 Å². The average molecular weight is 271 g/mol. The molecule has 4 rings (SSSR count). The summed E-state index contributed by atoms with van der Waals surface area (Å²) in [5, 5.41) is 11.9. The van der Waals surface area contributed by atoms with Crippen molar-refractivity contribution in [2.45, 2.75) is 6.04 Å². The molecule has 0 saturated carbocycles. The molecule has 94 valence electrons. The van der Waals surface area contributed by atoms with E-state index in [2.05, 4.69) is 15.5 Å². The van der Waals surface area contributed by atoms with Gasteiger partial charge in [-0.15, -0.1) is 11.3 Å². The monoisotopic (exact) mass is 271 g/mol. The molecule has 0 aromatic carbocycles. The number of thiophene rings is 1. The van der Waals surface area contributed by atoms with Crippen LogP contribution in [0.3, 0.4) is 0 Å². The summed E-state index contributed by atoms with van der Waals surface area (Å²) in [4.78, 5) is 13.0. The smallest absolute Gasteiger partial charge is 0.272 e. The second-order valence-corrected chi connectivity index (χ2v) is 5.24. The maximum absolute atomic E-state index is 11.9. The Kier molecular flexibility index (Phi) is 2.13. The minimum atomic E-state index is -0.152. The molecule has 3 aromatic heterocycles. The van der Waals surface area contributed by atoms with E-state index < -0.39 is 0 Å². The molecule has 1 aliphatic rings. The molecule has 0 aliphatic carbocycles. The van der Waals surface area contributed by atoms with Crippen LogP contribution in [0.4, 0.5) is 0 Å². The van der Waals surface area contributed by atoms with Crippen LogP contribution >= 0.6 is 11.3 Å². The number of H-pyrrole nitrogens is 1. The predicted molar refractivity (Wildman–Crippen MR) is 69.9 cm³/mol. The van der Waals surface area contributed by atoms with E-state index in [4.69, 9.17) is 4.42 Å². The van der Waals surface area contributed by atoms with Gasteiger partial charge in [-0.3, -0.25) is 9.89 Å². The zero-order chi connectivity index (χ0) is 12.8. The predicted octanol–water partition coefficient (Wildman–Crippen LogP) is 2.56. The first-order chi connectivity index (χ1) is 9.34. The van der Waals surface area contributed by atoms with Crippen molar-refractivity contribution in [2.24, 2.45) is 0 Å². The normalized spacial score (nSPS) is 17.5. The number of rotatable bonds is 2. The molecule has 6 heteroatoms. The van der Waals surface area contributed by atoms with Gasteiger partial charge in [-0.2, -0.15) is 5.10 Å². The van der Waals surface area contributed by atoms with Crippen molar-refractivity contribution in [3.63, 3.8) is 0 Å². The van der Waals surface area contributed by atoms with Crippen molar-refractivity contribution >= 4 is 17.2 Å². The van der Waals surface area contributed by atoms with Crippen molar-refractivity contribution in [3.05, 3.63) is 52.0 Å². The van der Waals surface area contributed by atoms with Crippen LogP contribution in [-0.4, -0.2) is 16.1 Å². The molecular weight excluding hydrogens is 262 g/mol.